The second kappa shape index (κ2) is 9.06. The maximum Gasteiger partial charge on any atom is 0.340 e. The van der Waals surface area contributed by atoms with Gasteiger partial charge in [0.1, 0.15) is 0 Å². The zero-order valence-corrected chi connectivity index (χ0v) is 18.2. The molecule has 0 aliphatic rings. The standard InChI is InChI=1S/C24H23N3O3S/c1-3-30-23(28)17-10-4-6-11-19(17)26-24(29)25-15-18-16-9-5-7-12-20(16)27(2)22(18)21-13-8-14-31-21/h4-14H,3,15H2,1-2H3,(H2,25,26,29). The summed E-state index contributed by atoms with van der Waals surface area (Å²) in [6.45, 7) is 2.37. The quantitative estimate of drug-likeness (QED) is 0.400. The Bertz CT molecular complexity index is 1230. The minimum absolute atomic E-state index is 0.270. The van der Waals surface area contributed by atoms with E-state index in [-0.39, 0.29) is 12.6 Å². The van der Waals surface area contributed by atoms with Crippen LogP contribution in [0.3, 0.4) is 0 Å². The summed E-state index contributed by atoms with van der Waals surface area (Å²) in [5, 5.41) is 8.86. The Balaban J connectivity index is 1.58. The Labute approximate surface area is 184 Å². The van der Waals surface area contributed by atoms with E-state index in [0.29, 0.717) is 17.8 Å². The molecule has 0 saturated heterocycles. The number of hydrogen-bond donors (Lipinski definition) is 2. The minimum Gasteiger partial charge on any atom is -0.462 e. The molecule has 0 saturated carbocycles. The molecule has 2 heterocycles. The maximum atomic E-state index is 12.7. The first-order valence-electron chi connectivity index (χ1n) is 10.0. The highest BCUT2D eigenvalue weighted by Gasteiger charge is 2.18. The predicted octanol–water partition coefficient (Wildman–Crippen LogP) is 5.41. The second-order valence-corrected chi connectivity index (χ2v) is 7.90. The van der Waals surface area contributed by atoms with Gasteiger partial charge in [0.15, 0.2) is 0 Å². The first kappa shape index (κ1) is 20.7. The molecule has 4 aromatic rings. The summed E-state index contributed by atoms with van der Waals surface area (Å²) in [5.74, 6) is -0.465. The molecule has 0 unspecified atom stereocenters. The second-order valence-electron chi connectivity index (χ2n) is 6.95. The number of esters is 1. The molecule has 2 aromatic heterocycles. The predicted molar refractivity (Wildman–Crippen MR) is 124 cm³/mol. The number of amides is 2. The van der Waals surface area contributed by atoms with E-state index in [1.54, 1.807) is 42.5 Å². The fourth-order valence-electron chi connectivity index (χ4n) is 3.69. The van der Waals surface area contributed by atoms with Gasteiger partial charge < -0.3 is 19.9 Å². The normalized spacial score (nSPS) is 10.8. The van der Waals surface area contributed by atoms with Crippen molar-refractivity contribution in [2.45, 2.75) is 13.5 Å². The summed E-state index contributed by atoms with van der Waals surface area (Å²) in [6.07, 6.45) is 0. The van der Waals surface area contributed by atoms with Crippen molar-refractivity contribution in [1.82, 2.24) is 9.88 Å². The molecule has 2 N–H and O–H groups in total. The third kappa shape index (κ3) is 4.18. The van der Waals surface area contributed by atoms with E-state index in [0.717, 1.165) is 27.0 Å². The van der Waals surface area contributed by atoms with Crippen molar-refractivity contribution >= 4 is 39.9 Å². The molecule has 31 heavy (non-hydrogen) atoms. The van der Waals surface area contributed by atoms with E-state index in [4.69, 9.17) is 4.74 Å². The summed E-state index contributed by atoms with van der Waals surface area (Å²) in [5.41, 5.74) is 3.98. The highest BCUT2D eigenvalue weighted by molar-refractivity contribution is 7.13. The van der Waals surface area contributed by atoms with Gasteiger partial charge in [0.25, 0.3) is 0 Å². The molecule has 158 valence electrons. The van der Waals surface area contributed by atoms with E-state index in [1.807, 2.05) is 30.6 Å². The number of ether oxygens (including phenoxy) is 1. The van der Waals surface area contributed by atoms with Gasteiger partial charge in [0.2, 0.25) is 0 Å². The van der Waals surface area contributed by atoms with Crippen LogP contribution in [0.15, 0.2) is 66.0 Å². The molecule has 4 rings (SSSR count). The Morgan fingerprint density at radius 1 is 1.03 bits per heavy atom. The van der Waals surface area contributed by atoms with E-state index < -0.39 is 5.97 Å². The van der Waals surface area contributed by atoms with Gasteiger partial charge in [-0.1, -0.05) is 36.4 Å². The van der Waals surface area contributed by atoms with Crippen LogP contribution in [0, 0.1) is 0 Å². The van der Waals surface area contributed by atoms with E-state index in [2.05, 4.69) is 33.4 Å². The van der Waals surface area contributed by atoms with Crippen LogP contribution in [0.2, 0.25) is 0 Å². The first-order chi connectivity index (χ1) is 15.1. The van der Waals surface area contributed by atoms with Gasteiger partial charge in [-0.05, 0) is 36.6 Å². The van der Waals surface area contributed by atoms with Crippen molar-refractivity contribution in [3.63, 3.8) is 0 Å². The average molecular weight is 434 g/mol. The molecule has 0 aliphatic heterocycles. The van der Waals surface area contributed by atoms with Crippen LogP contribution in [0.4, 0.5) is 10.5 Å². The van der Waals surface area contributed by atoms with Crippen molar-refractivity contribution in [1.29, 1.82) is 0 Å². The summed E-state index contributed by atoms with van der Waals surface area (Å²) >= 11 is 1.67. The van der Waals surface area contributed by atoms with E-state index >= 15 is 0 Å². The highest BCUT2D eigenvalue weighted by Crippen LogP contribution is 2.35. The SMILES string of the molecule is CCOC(=O)c1ccccc1NC(=O)NCc1c(-c2cccs2)n(C)c2ccccc12. The van der Waals surface area contributed by atoms with E-state index in [9.17, 15) is 9.59 Å². The monoisotopic (exact) mass is 433 g/mol. The van der Waals surface area contributed by atoms with Crippen LogP contribution >= 0.6 is 11.3 Å². The van der Waals surface area contributed by atoms with E-state index in [1.165, 1.54) is 0 Å². The summed E-state index contributed by atoms with van der Waals surface area (Å²) in [4.78, 5) is 26.0. The molecule has 0 radical (unpaired) electrons. The molecule has 0 fully saturated rings. The number of nitrogens with zero attached hydrogens (tertiary/aromatic N) is 1. The number of fused-ring (bicyclic) bond motifs is 1. The number of thiophene rings is 1. The molecule has 2 amide bonds. The molecule has 6 nitrogen and oxygen atoms in total. The van der Waals surface area contributed by atoms with Crippen molar-refractivity contribution in [2.75, 3.05) is 11.9 Å². The van der Waals surface area contributed by atoms with Crippen LogP contribution in [0.5, 0.6) is 0 Å². The number of para-hydroxylation sites is 2. The zero-order chi connectivity index (χ0) is 21.8. The molecular formula is C24H23N3O3S. The van der Waals surface area contributed by atoms with Crippen molar-refractivity contribution in [3.8, 4) is 10.6 Å². The van der Waals surface area contributed by atoms with Crippen LogP contribution in [-0.4, -0.2) is 23.2 Å². The molecular weight excluding hydrogens is 410 g/mol. The van der Waals surface area contributed by atoms with Crippen molar-refractivity contribution < 1.29 is 14.3 Å². The summed E-state index contributed by atoms with van der Waals surface area (Å²) in [7, 11) is 2.04. The lowest BCUT2D eigenvalue weighted by atomic mass is 10.1. The fourth-order valence-corrected chi connectivity index (χ4v) is 4.52. The minimum atomic E-state index is -0.465. The molecule has 0 aliphatic carbocycles. The zero-order valence-electron chi connectivity index (χ0n) is 17.3. The molecule has 7 heteroatoms. The number of rotatable bonds is 6. The van der Waals surface area contributed by atoms with Gasteiger partial charge in [-0.25, -0.2) is 9.59 Å². The average Bonchev–Trinajstić information content (AvgIpc) is 3.39. The Morgan fingerprint density at radius 3 is 2.58 bits per heavy atom. The summed E-state index contributed by atoms with van der Waals surface area (Å²) < 4.78 is 7.23. The van der Waals surface area contributed by atoms with Crippen molar-refractivity contribution in [3.05, 3.63) is 77.2 Å². The van der Waals surface area contributed by atoms with Gasteiger partial charge in [0.05, 0.1) is 28.4 Å². The highest BCUT2D eigenvalue weighted by atomic mass is 32.1. The van der Waals surface area contributed by atoms with Gasteiger partial charge in [-0.3, -0.25) is 0 Å². The Kier molecular flexibility index (Phi) is 6.04. The molecule has 0 atom stereocenters. The molecule has 0 spiro atoms. The number of urea groups is 1. The number of anilines is 1. The lowest BCUT2D eigenvalue weighted by molar-refractivity contribution is 0.0527. The van der Waals surface area contributed by atoms with Crippen molar-refractivity contribution in [2.24, 2.45) is 7.05 Å². The lowest BCUT2D eigenvalue weighted by Gasteiger charge is -2.12. The number of hydrogen-bond acceptors (Lipinski definition) is 4. The van der Waals surface area contributed by atoms with Crippen LogP contribution < -0.4 is 10.6 Å². The number of aryl methyl sites for hydroxylation is 1. The Hall–Kier alpha value is -3.58. The number of nitrogens with one attached hydrogen (secondary N) is 2. The largest absolute Gasteiger partial charge is 0.462 e. The van der Waals surface area contributed by atoms with Gasteiger partial charge in [-0.15, -0.1) is 11.3 Å². The van der Waals surface area contributed by atoms with Crippen LogP contribution in [-0.2, 0) is 18.3 Å². The topological polar surface area (TPSA) is 72.4 Å². The molecule has 2 aromatic carbocycles. The number of aromatic nitrogens is 1. The number of benzene rings is 2. The third-order valence-corrected chi connectivity index (χ3v) is 5.94. The van der Waals surface area contributed by atoms with Gasteiger partial charge in [0, 0.05) is 30.1 Å². The lowest BCUT2D eigenvalue weighted by Crippen LogP contribution is -2.29. The fraction of sp³-hybridized carbons (Fsp3) is 0.167. The van der Waals surface area contributed by atoms with Crippen LogP contribution in [0.25, 0.3) is 21.5 Å². The van der Waals surface area contributed by atoms with Crippen LogP contribution in [0.1, 0.15) is 22.8 Å². The third-order valence-electron chi connectivity index (χ3n) is 5.06. The molecule has 0 bridgehead atoms. The number of carbonyl (C=O) groups excluding carboxylic acids is 2. The first-order valence-corrected chi connectivity index (χ1v) is 10.9. The summed E-state index contributed by atoms with van der Waals surface area (Å²) in [6, 6.07) is 18.7. The number of carbonyl (C=O) groups is 2. The van der Waals surface area contributed by atoms with Gasteiger partial charge in [-0.2, -0.15) is 0 Å². The maximum absolute atomic E-state index is 12.7. The smallest absolute Gasteiger partial charge is 0.340 e. The van der Waals surface area contributed by atoms with Gasteiger partial charge >= 0.3 is 12.0 Å². The Morgan fingerprint density at radius 2 is 1.81 bits per heavy atom.